The molecular weight excluding hydrogens is 799 g/mol. The third-order valence-electron chi connectivity index (χ3n) is 13.3. The average Bonchev–Trinajstić information content (AvgIpc) is 3.59. The number of carbonyl (C=O) groups excluding carboxylic acids is 3. The van der Waals surface area contributed by atoms with Gasteiger partial charge in [0, 0.05) is 57.2 Å². The molecule has 4 fully saturated rings. The van der Waals surface area contributed by atoms with E-state index in [9.17, 15) is 23.2 Å². The van der Waals surface area contributed by atoms with Gasteiger partial charge in [-0.2, -0.15) is 5.10 Å². The van der Waals surface area contributed by atoms with Crippen molar-refractivity contribution in [2.75, 3.05) is 60.9 Å². The van der Waals surface area contributed by atoms with Gasteiger partial charge in [0.05, 0.1) is 35.9 Å². The van der Waals surface area contributed by atoms with Gasteiger partial charge in [0.25, 0.3) is 12.3 Å². The summed E-state index contributed by atoms with van der Waals surface area (Å²) in [6.07, 6.45) is 12.5. The predicted octanol–water partition coefficient (Wildman–Crippen LogP) is 6.81. The van der Waals surface area contributed by atoms with Gasteiger partial charge in [-0.05, 0) is 113 Å². The molecule has 1 aromatic carbocycles. The number of piperidine rings is 1. The number of halogens is 2. The van der Waals surface area contributed by atoms with Crippen molar-refractivity contribution >= 4 is 40.6 Å². The average molecular weight is 855 g/mol. The van der Waals surface area contributed by atoms with E-state index in [4.69, 9.17) is 9.15 Å². The molecule has 1 saturated heterocycles. The Kier molecular flexibility index (Phi) is 12.3. The lowest BCUT2D eigenvalue weighted by molar-refractivity contribution is -0.134. The Hall–Kier alpha value is -5.42. The van der Waals surface area contributed by atoms with Crippen LogP contribution in [-0.4, -0.2) is 101 Å². The zero-order valence-corrected chi connectivity index (χ0v) is 35.4. The van der Waals surface area contributed by atoms with Gasteiger partial charge in [-0.15, -0.1) is 0 Å². The molecule has 4 aromatic rings. The maximum Gasteiger partial charge on any atom is 0.284 e. The minimum atomic E-state index is -2.86. The van der Waals surface area contributed by atoms with Crippen LogP contribution in [0.5, 0.6) is 0 Å². The zero-order chi connectivity index (χ0) is 42.9. The standard InChI is InChI=1S/C45H56F2N10O5/c1-54(32-20-33(21-32)61-18-4-6-29-5-3-7-36-41(29)55(2)26-56(36)37-14-15-39(58)52-44(37)60)23-28-10-12-31(13-11-28)57-24-34(40(53-57)42(46)47)50-43(59)35-25-62-45(51-35)30-16-17-48-38(19-30)49-22-27-8-9-27/h3,5,7,16-17,19,24-25,27-28,31-33,37,42H,4,6,8-15,18,20-23,26H2,1-2H3,(H,48,49)(H,50,59)(H,52,58,60)/t28-,31-,32-,33-,37?. The number of anilines is 4. The number of ether oxygens (including phenoxy) is 1. The Labute approximate surface area is 359 Å². The third-order valence-corrected chi connectivity index (χ3v) is 13.3. The first-order chi connectivity index (χ1) is 30.1. The number of para-hydroxylation sites is 1. The van der Waals surface area contributed by atoms with Crippen molar-refractivity contribution in [3.8, 4) is 11.5 Å². The summed E-state index contributed by atoms with van der Waals surface area (Å²) < 4.78 is 41.9. The number of pyridine rings is 1. The summed E-state index contributed by atoms with van der Waals surface area (Å²) in [5.74, 6) is 1.04. The number of fused-ring (bicyclic) bond motifs is 1. The first kappa shape index (κ1) is 41.9. The van der Waals surface area contributed by atoms with Crippen LogP contribution in [0.1, 0.15) is 105 Å². The number of carbonyl (C=O) groups is 3. The minimum Gasteiger partial charge on any atom is -0.444 e. The van der Waals surface area contributed by atoms with E-state index in [1.54, 1.807) is 16.9 Å². The highest BCUT2D eigenvalue weighted by Crippen LogP contribution is 2.41. The predicted molar refractivity (Wildman–Crippen MR) is 229 cm³/mol. The van der Waals surface area contributed by atoms with Gasteiger partial charge < -0.3 is 34.5 Å². The molecule has 0 radical (unpaired) electrons. The van der Waals surface area contributed by atoms with Crippen LogP contribution in [0, 0.1) is 11.8 Å². The van der Waals surface area contributed by atoms with E-state index in [2.05, 4.69) is 78.0 Å². The van der Waals surface area contributed by atoms with Gasteiger partial charge in [0.15, 0.2) is 11.4 Å². The highest BCUT2D eigenvalue weighted by Gasteiger charge is 2.38. The van der Waals surface area contributed by atoms with Gasteiger partial charge in [-0.3, -0.25) is 24.4 Å². The fourth-order valence-corrected chi connectivity index (χ4v) is 9.55. The number of imide groups is 1. The summed E-state index contributed by atoms with van der Waals surface area (Å²) >= 11 is 0. The van der Waals surface area contributed by atoms with E-state index < -0.39 is 18.0 Å². The van der Waals surface area contributed by atoms with Crippen LogP contribution in [0.15, 0.2) is 53.4 Å². The van der Waals surface area contributed by atoms with Crippen molar-refractivity contribution in [3.05, 3.63) is 65.9 Å². The van der Waals surface area contributed by atoms with Crippen LogP contribution in [0.4, 0.5) is 31.7 Å². The maximum absolute atomic E-state index is 14.2. The quantitative estimate of drug-likeness (QED) is 0.0753. The summed E-state index contributed by atoms with van der Waals surface area (Å²) in [6.45, 7) is 3.13. The molecule has 15 nitrogen and oxygen atoms in total. The van der Waals surface area contributed by atoms with E-state index in [1.807, 2.05) is 6.07 Å². The normalized spacial score (nSPS) is 23.7. The number of rotatable bonds is 17. The molecule has 0 spiro atoms. The molecule has 5 heterocycles. The summed E-state index contributed by atoms with van der Waals surface area (Å²) in [5.41, 5.74) is 3.58. The Morgan fingerprint density at radius 1 is 1.08 bits per heavy atom. The molecule has 3 aromatic heterocycles. The molecule has 3 saturated carbocycles. The summed E-state index contributed by atoms with van der Waals surface area (Å²) in [6, 6.07) is 9.92. The van der Waals surface area contributed by atoms with E-state index >= 15 is 0 Å². The largest absolute Gasteiger partial charge is 0.444 e. The highest BCUT2D eigenvalue weighted by molar-refractivity contribution is 6.03. The monoisotopic (exact) mass is 854 g/mol. The van der Waals surface area contributed by atoms with Crippen molar-refractivity contribution < 1.29 is 32.3 Å². The fraction of sp³-hybridized carbons (Fsp3) is 0.556. The van der Waals surface area contributed by atoms with Gasteiger partial charge in [-0.1, -0.05) is 12.1 Å². The van der Waals surface area contributed by atoms with Crippen molar-refractivity contribution in [2.45, 2.75) is 108 Å². The Balaban J connectivity index is 0.700. The minimum absolute atomic E-state index is 0.0203. The number of oxazole rings is 1. The summed E-state index contributed by atoms with van der Waals surface area (Å²) in [7, 11) is 4.24. The topological polar surface area (TPSA) is 163 Å². The van der Waals surface area contributed by atoms with Gasteiger partial charge in [-0.25, -0.2) is 18.7 Å². The maximum atomic E-state index is 14.2. The molecule has 17 heteroatoms. The Bertz CT molecular complexity index is 2250. The molecule has 330 valence electrons. The third kappa shape index (κ3) is 9.33. The van der Waals surface area contributed by atoms with Crippen LogP contribution >= 0.6 is 0 Å². The molecule has 5 aliphatic rings. The van der Waals surface area contributed by atoms with Crippen molar-refractivity contribution in [1.29, 1.82) is 0 Å². The Morgan fingerprint density at radius 3 is 2.66 bits per heavy atom. The lowest BCUT2D eigenvalue weighted by Crippen LogP contribution is -2.53. The number of aryl methyl sites for hydroxylation is 1. The van der Waals surface area contributed by atoms with Crippen LogP contribution in [0.3, 0.4) is 0 Å². The molecule has 3 aliphatic carbocycles. The van der Waals surface area contributed by atoms with E-state index in [1.165, 1.54) is 30.9 Å². The molecule has 2 aliphatic heterocycles. The van der Waals surface area contributed by atoms with Crippen molar-refractivity contribution in [2.24, 2.45) is 11.8 Å². The van der Waals surface area contributed by atoms with Crippen LogP contribution in [-0.2, 0) is 20.7 Å². The number of alkyl halides is 2. The molecule has 0 bridgehead atoms. The smallest absolute Gasteiger partial charge is 0.284 e. The van der Waals surface area contributed by atoms with Crippen molar-refractivity contribution in [3.63, 3.8) is 0 Å². The number of hydrogen-bond donors (Lipinski definition) is 3. The molecule has 1 atom stereocenters. The van der Waals surface area contributed by atoms with Crippen LogP contribution in [0.25, 0.3) is 11.5 Å². The molecular formula is C45H56F2N10O5. The summed E-state index contributed by atoms with van der Waals surface area (Å²) in [4.78, 5) is 52.9. The lowest BCUT2D eigenvalue weighted by atomic mass is 9.83. The zero-order valence-electron chi connectivity index (χ0n) is 35.4. The number of aromatic nitrogens is 4. The first-order valence-corrected chi connectivity index (χ1v) is 22.2. The van der Waals surface area contributed by atoms with Gasteiger partial charge >= 0.3 is 0 Å². The molecule has 3 N–H and O–H groups in total. The molecule has 62 heavy (non-hydrogen) atoms. The Morgan fingerprint density at radius 2 is 1.89 bits per heavy atom. The van der Waals surface area contributed by atoms with Gasteiger partial charge in [0.1, 0.15) is 18.1 Å². The fourth-order valence-electron chi connectivity index (χ4n) is 9.55. The molecule has 3 amide bonds. The lowest BCUT2D eigenvalue weighted by Gasteiger charge is -2.43. The summed E-state index contributed by atoms with van der Waals surface area (Å²) in [5, 5.41) is 12.7. The van der Waals surface area contributed by atoms with Crippen LogP contribution < -0.4 is 25.8 Å². The number of nitrogens with one attached hydrogen (secondary N) is 3. The number of benzene rings is 1. The van der Waals surface area contributed by atoms with E-state index in [0.717, 1.165) is 75.8 Å². The number of amides is 3. The second-order valence-electron chi connectivity index (χ2n) is 17.9. The highest BCUT2D eigenvalue weighted by atomic mass is 19.3. The SMILES string of the molecule is CN1CN(C2CCC(=O)NC2=O)c2cccc(CCCO[C@H]3C[C@H](N(C)C[C@H]4CC[C@H](n5cc(NC(=O)c6coc(-c7ccnc(NCC8CC8)c7)n6)c(C(F)F)n5)CC4)C3)c21. The second-order valence-corrected chi connectivity index (χ2v) is 17.9. The van der Waals surface area contributed by atoms with Crippen molar-refractivity contribution in [1.82, 2.24) is 30.0 Å². The molecule has 9 rings (SSSR count). The first-order valence-electron chi connectivity index (χ1n) is 22.2. The second kappa shape index (κ2) is 18.1. The van der Waals surface area contributed by atoms with Crippen LogP contribution in [0.2, 0.25) is 0 Å². The van der Waals surface area contributed by atoms with E-state index in [0.29, 0.717) is 55.4 Å². The van der Waals surface area contributed by atoms with E-state index in [-0.39, 0.29) is 47.3 Å². The number of hydrogen-bond acceptors (Lipinski definition) is 12. The molecule has 1 unspecified atom stereocenters. The van der Waals surface area contributed by atoms with Gasteiger partial charge in [0.2, 0.25) is 17.7 Å². The number of nitrogens with zero attached hydrogens (tertiary/aromatic N) is 7.